The molecule has 0 saturated carbocycles. The number of rotatable bonds is 23. The highest BCUT2D eigenvalue weighted by Crippen LogP contribution is 2.21. The van der Waals surface area contributed by atoms with Gasteiger partial charge in [-0.1, -0.05) is 128 Å². The average molecular weight is 593 g/mol. The van der Waals surface area contributed by atoms with Crippen molar-refractivity contribution in [3.63, 3.8) is 0 Å². The number of hydrogen-bond acceptors (Lipinski definition) is 2. The van der Waals surface area contributed by atoms with Crippen molar-refractivity contribution in [1.82, 2.24) is 0 Å². The van der Waals surface area contributed by atoms with E-state index in [0.717, 1.165) is 59.6 Å². The molecule has 0 aromatic heterocycles. The topological polar surface area (TPSA) is 24.7 Å². The second kappa shape index (κ2) is 25.2. The summed E-state index contributed by atoms with van der Waals surface area (Å²) < 4.78 is 0. The zero-order chi connectivity index (χ0) is 31.5. The monoisotopic (exact) mass is 592 g/mol. The fourth-order valence-corrected chi connectivity index (χ4v) is 5.57. The minimum Gasteiger partial charge on any atom is -0.252 e. The largest absolute Gasteiger partial charge is 0.252 e. The fraction of sp³-hybridized carbons (Fsp3) is 0.571. The maximum atomic E-state index is 5.24. The van der Waals surface area contributed by atoms with Crippen LogP contribution in [0.2, 0.25) is 0 Å². The van der Waals surface area contributed by atoms with Gasteiger partial charge in [-0.15, -0.1) is 11.8 Å². The Morgan fingerprint density at radius 2 is 0.727 bits per heavy atom. The van der Waals surface area contributed by atoms with Crippen molar-refractivity contribution in [2.24, 2.45) is 9.98 Å². The average Bonchev–Trinajstić information content (AvgIpc) is 3.04. The van der Waals surface area contributed by atoms with E-state index in [2.05, 4.69) is 86.1 Å². The summed E-state index contributed by atoms with van der Waals surface area (Å²) >= 11 is 0. The molecule has 0 aliphatic rings. The van der Waals surface area contributed by atoms with Crippen molar-refractivity contribution >= 4 is 22.8 Å². The van der Waals surface area contributed by atoms with Crippen molar-refractivity contribution in [2.75, 3.05) is 0 Å². The van der Waals surface area contributed by atoms with E-state index in [1.165, 1.54) is 103 Å². The first-order valence-electron chi connectivity index (χ1n) is 17.9. The lowest BCUT2D eigenvalue weighted by Gasteiger charge is -2.12. The van der Waals surface area contributed by atoms with Crippen molar-refractivity contribution in [2.45, 2.75) is 156 Å². The van der Waals surface area contributed by atoms with Gasteiger partial charge in [0.1, 0.15) is 0 Å². The third kappa shape index (κ3) is 17.3. The van der Waals surface area contributed by atoms with Crippen LogP contribution < -0.4 is 0 Å². The summed E-state index contributed by atoms with van der Waals surface area (Å²) in [7, 11) is 0. The number of nitrogens with zero attached hydrogens (tertiary/aromatic N) is 2. The first-order valence-corrected chi connectivity index (χ1v) is 17.9. The van der Waals surface area contributed by atoms with Gasteiger partial charge in [0, 0.05) is 11.1 Å². The van der Waals surface area contributed by atoms with E-state index in [0.29, 0.717) is 0 Å². The van der Waals surface area contributed by atoms with E-state index >= 15 is 0 Å². The van der Waals surface area contributed by atoms with Crippen molar-refractivity contribution < 1.29 is 0 Å². The van der Waals surface area contributed by atoms with Gasteiger partial charge in [-0.2, -0.15) is 0 Å². The number of hydrogen-bond donors (Lipinski definition) is 0. The molecule has 0 amide bonds. The number of aliphatic imine (C=N–C) groups is 2. The normalized spacial score (nSPS) is 11.5. The maximum Gasteiger partial charge on any atom is 0.0634 e. The zero-order valence-corrected chi connectivity index (χ0v) is 28.7. The lowest BCUT2D eigenvalue weighted by Crippen LogP contribution is -2.14. The minimum absolute atomic E-state index is 0.971. The van der Waals surface area contributed by atoms with E-state index in [1.807, 2.05) is 13.8 Å². The Labute approximate surface area is 271 Å². The lowest BCUT2D eigenvalue weighted by molar-refractivity contribution is 0.546. The molecule has 0 radical (unpaired) electrons. The molecule has 2 aromatic carbocycles. The van der Waals surface area contributed by atoms with Crippen LogP contribution in [0.3, 0.4) is 0 Å². The van der Waals surface area contributed by atoms with Crippen LogP contribution in [0.5, 0.6) is 0 Å². The Balaban J connectivity index is 2.12. The zero-order valence-electron chi connectivity index (χ0n) is 28.7. The van der Waals surface area contributed by atoms with Gasteiger partial charge in [0.2, 0.25) is 0 Å². The Morgan fingerprint density at radius 3 is 1.02 bits per heavy atom. The van der Waals surface area contributed by atoms with Gasteiger partial charge in [-0.05, 0) is 88.1 Å². The van der Waals surface area contributed by atoms with Gasteiger partial charge in [0.25, 0.3) is 0 Å². The summed E-state index contributed by atoms with van der Waals surface area (Å²) in [6, 6.07) is 16.7. The second-order valence-corrected chi connectivity index (χ2v) is 12.1. The van der Waals surface area contributed by atoms with Crippen LogP contribution in [-0.4, -0.2) is 11.4 Å². The molecule has 0 fully saturated rings. The standard InChI is InChI=1S/C42H60N2/c1-5-9-11-13-15-16-17-18-19-20-22-24-28-42(44-40-35-31-38(26-8-4)32-36-40)41(27-23-21-14-12-10-6-2)43-39-33-29-37(25-7-3)30-34-39/h29-36H,5-6,9-24,27-28H2,1-4H3. The molecule has 44 heavy (non-hydrogen) atoms. The molecule has 0 aliphatic heterocycles. The fourth-order valence-electron chi connectivity index (χ4n) is 5.57. The first kappa shape index (κ1) is 37.1. The van der Waals surface area contributed by atoms with E-state index in [1.54, 1.807) is 0 Å². The third-order valence-corrected chi connectivity index (χ3v) is 8.17. The summed E-state index contributed by atoms with van der Waals surface area (Å²) in [4.78, 5) is 10.5. The van der Waals surface area contributed by atoms with Crippen LogP contribution in [0, 0.1) is 23.7 Å². The Kier molecular flexibility index (Phi) is 21.3. The summed E-state index contributed by atoms with van der Waals surface area (Å²) in [5.74, 6) is 12.3. The van der Waals surface area contributed by atoms with Crippen LogP contribution in [-0.2, 0) is 0 Å². The smallest absolute Gasteiger partial charge is 0.0634 e. The van der Waals surface area contributed by atoms with Gasteiger partial charge in [-0.25, -0.2) is 0 Å². The summed E-state index contributed by atoms with van der Waals surface area (Å²) in [5, 5.41) is 0. The minimum atomic E-state index is 0.971. The Hall–Kier alpha value is -3.10. The van der Waals surface area contributed by atoms with Crippen LogP contribution in [0.15, 0.2) is 58.5 Å². The van der Waals surface area contributed by atoms with Gasteiger partial charge in [-0.3, -0.25) is 9.98 Å². The van der Waals surface area contributed by atoms with Gasteiger partial charge >= 0.3 is 0 Å². The molecule has 0 saturated heterocycles. The van der Waals surface area contributed by atoms with E-state index in [4.69, 9.17) is 9.98 Å². The molecule has 0 N–H and O–H groups in total. The summed E-state index contributed by atoms with van der Waals surface area (Å²) in [6.07, 6.45) is 25.9. The predicted octanol–water partition coefficient (Wildman–Crippen LogP) is 13.1. The third-order valence-electron chi connectivity index (χ3n) is 8.17. The highest BCUT2D eigenvalue weighted by Gasteiger charge is 2.11. The maximum absolute atomic E-state index is 5.24. The molecule has 0 unspecified atom stereocenters. The quantitative estimate of drug-likeness (QED) is 0.0696. The Bertz CT molecular complexity index is 1190. The highest BCUT2D eigenvalue weighted by atomic mass is 14.8. The van der Waals surface area contributed by atoms with Gasteiger partial charge in [0.15, 0.2) is 0 Å². The van der Waals surface area contributed by atoms with Crippen molar-refractivity contribution in [3.05, 3.63) is 59.7 Å². The first-order chi connectivity index (χ1) is 21.7. The molecule has 2 rings (SSSR count). The number of benzene rings is 2. The second-order valence-electron chi connectivity index (χ2n) is 12.1. The molecule has 0 aliphatic carbocycles. The SMILES string of the molecule is CC#Cc1ccc(N=C(CCCCCCCC)C(CCCCCCCCCCCCCC)=Nc2ccc(C#CC)cc2)cc1. The van der Waals surface area contributed by atoms with Crippen LogP contribution in [0.4, 0.5) is 11.4 Å². The van der Waals surface area contributed by atoms with Crippen molar-refractivity contribution in [3.8, 4) is 23.7 Å². The molecule has 2 heteroatoms. The predicted molar refractivity (Wildman–Crippen MR) is 196 cm³/mol. The highest BCUT2D eigenvalue weighted by molar-refractivity contribution is 6.43. The van der Waals surface area contributed by atoms with E-state index in [9.17, 15) is 0 Å². The molecule has 0 heterocycles. The van der Waals surface area contributed by atoms with Crippen LogP contribution in [0.25, 0.3) is 0 Å². The Morgan fingerprint density at radius 1 is 0.432 bits per heavy atom. The molecular weight excluding hydrogens is 532 g/mol. The molecular formula is C42H60N2. The molecule has 2 nitrogen and oxygen atoms in total. The summed E-state index contributed by atoms with van der Waals surface area (Å²) in [6.45, 7) is 8.33. The van der Waals surface area contributed by atoms with Gasteiger partial charge in [0.05, 0.1) is 22.8 Å². The van der Waals surface area contributed by atoms with E-state index < -0.39 is 0 Å². The molecule has 2 aromatic rings. The van der Waals surface area contributed by atoms with Crippen LogP contribution in [0.1, 0.15) is 167 Å². The van der Waals surface area contributed by atoms with Crippen LogP contribution >= 0.6 is 0 Å². The molecule has 0 atom stereocenters. The molecule has 0 spiro atoms. The lowest BCUT2D eigenvalue weighted by atomic mass is 9.99. The van der Waals surface area contributed by atoms with E-state index in [-0.39, 0.29) is 0 Å². The van der Waals surface area contributed by atoms with Gasteiger partial charge < -0.3 is 0 Å². The number of unbranched alkanes of at least 4 members (excludes halogenated alkanes) is 16. The molecule has 0 bridgehead atoms. The van der Waals surface area contributed by atoms with Crippen molar-refractivity contribution in [1.29, 1.82) is 0 Å². The molecule has 238 valence electrons. The summed E-state index contributed by atoms with van der Waals surface area (Å²) in [5.41, 5.74) is 6.34.